The molecular weight excluding hydrogens is 584 g/mol. The lowest BCUT2D eigenvalue weighted by Gasteiger charge is -2.36. The summed E-state index contributed by atoms with van der Waals surface area (Å²) in [4.78, 5) is 69.0. The molecule has 12 heteroatoms. The number of carbonyl (C=O) groups is 4. The van der Waals surface area contributed by atoms with Crippen molar-refractivity contribution in [2.24, 2.45) is 0 Å². The van der Waals surface area contributed by atoms with Gasteiger partial charge < -0.3 is 10.6 Å². The van der Waals surface area contributed by atoms with E-state index in [9.17, 15) is 19.2 Å². The Kier molecular flexibility index (Phi) is 7.92. The lowest BCUT2D eigenvalue weighted by molar-refractivity contribution is 0.0499. The fraction of sp³-hybridized carbons (Fsp3) is 0.588. The van der Waals surface area contributed by atoms with Crippen LogP contribution in [-0.4, -0.2) is 132 Å². The van der Waals surface area contributed by atoms with E-state index in [2.05, 4.69) is 30.2 Å². The standard InChI is InChI=1S/C34H44N8O4/c43-31-23-17-25(35-19-37-9-1-2-10-37)29-27-24(32(44)41(33(29)45)21-39-13-5-6-14-39)18-26(36-20-38-11-3-4-12-38)30(28(23)27)34(46)42(31)22-40-15-7-8-16-40/h17-18,35-36H,1-16,19-22H2. The van der Waals surface area contributed by atoms with Crippen LogP contribution in [0.2, 0.25) is 0 Å². The third kappa shape index (κ3) is 5.15. The molecule has 4 saturated heterocycles. The minimum absolute atomic E-state index is 0.228. The average Bonchev–Trinajstić information content (AvgIpc) is 3.90. The summed E-state index contributed by atoms with van der Waals surface area (Å²) in [6.07, 6.45) is 8.67. The SMILES string of the molecule is O=C1c2cc(NCN3CCCC3)c3c4c(cc(NCN5CCCC5)c(c24)C(=O)N1CN1CCCC1)C(=O)N(CN1CCCC1)C3=O. The van der Waals surface area contributed by atoms with Crippen molar-refractivity contribution < 1.29 is 19.2 Å². The molecule has 244 valence electrons. The fourth-order valence-electron chi connectivity index (χ4n) is 8.22. The van der Waals surface area contributed by atoms with Crippen LogP contribution in [0.4, 0.5) is 11.4 Å². The van der Waals surface area contributed by atoms with Gasteiger partial charge in [-0.2, -0.15) is 0 Å². The third-order valence-corrected chi connectivity index (χ3v) is 10.7. The molecule has 0 aromatic heterocycles. The Bertz CT molecular complexity index is 1470. The highest BCUT2D eigenvalue weighted by Crippen LogP contribution is 2.44. The Hall–Kier alpha value is -3.58. The summed E-state index contributed by atoms with van der Waals surface area (Å²) in [6.45, 7) is 8.77. The Balaban J connectivity index is 1.29. The summed E-state index contributed by atoms with van der Waals surface area (Å²) >= 11 is 0. The number of hydrogen-bond acceptors (Lipinski definition) is 10. The van der Waals surface area contributed by atoms with E-state index in [1.54, 1.807) is 12.1 Å². The summed E-state index contributed by atoms with van der Waals surface area (Å²) in [6, 6.07) is 3.55. The van der Waals surface area contributed by atoms with Gasteiger partial charge >= 0.3 is 0 Å². The van der Waals surface area contributed by atoms with E-state index in [1.807, 2.05) is 0 Å². The molecule has 6 aliphatic rings. The Labute approximate surface area is 269 Å². The predicted molar refractivity (Wildman–Crippen MR) is 175 cm³/mol. The van der Waals surface area contributed by atoms with Gasteiger partial charge in [-0.1, -0.05) is 0 Å². The Morgan fingerprint density at radius 1 is 0.457 bits per heavy atom. The number of nitrogens with zero attached hydrogens (tertiary/aromatic N) is 6. The minimum atomic E-state index is -0.373. The van der Waals surface area contributed by atoms with Gasteiger partial charge in [-0.25, -0.2) is 0 Å². The molecule has 4 amide bonds. The highest BCUT2D eigenvalue weighted by atomic mass is 16.2. The molecule has 0 saturated carbocycles. The number of nitrogens with one attached hydrogen (secondary N) is 2. The average molecular weight is 629 g/mol. The number of hydrogen-bond donors (Lipinski definition) is 2. The van der Waals surface area contributed by atoms with E-state index in [-0.39, 0.29) is 37.0 Å². The molecule has 0 radical (unpaired) electrons. The normalized spacial score (nSPS) is 22.8. The summed E-state index contributed by atoms with van der Waals surface area (Å²) in [5.74, 6) is -1.49. The molecule has 2 aromatic rings. The maximum Gasteiger partial charge on any atom is 0.264 e. The number of carbonyl (C=O) groups excluding carboxylic acids is 4. The quantitative estimate of drug-likeness (QED) is 0.381. The van der Waals surface area contributed by atoms with Crippen LogP contribution in [-0.2, 0) is 0 Å². The molecule has 0 spiro atoms. The summed E-state index contributed by atoms with van der Waals surface area (Å²) in [5.41, 5.74) is 2.60. The zero-order valence-electron chi connectivity index (χ0n) is 26.6. The van der Waals surface area contributed by atoms with Crippen molar-refractivity contribution in [3.8, 4) is 0 Å². The van der Waals surface area contributed by atoms with Crippen molar-refractivity contribution in [3.05, 3.63) is 34.4 Å². The van der Waals surface area contributed by atoms with Gasteiger partial charge in [0.05, 0.1) is 48.9 Å². The van der Waals surface area contributed by atoms with Crippen LogP contribution in [0.5, 0.6) is 0 Å². The largest absolute Gasteiger partial charge is 0.372 e. The lowest BCUT2D eigenvalue weighted by atomic mass is 9.84. The van der Waals surface area contributed by atoms with Gasteiger partial charge in [-0.15, -0.1) is 0 Å². The van der Waals surface area contributed by atoms with Gasteiger partial charge in [0.1, 0.15) is 0 Å². The number of anilines is 2. The van der Waals surface area contributed by atoms with Crippen LogP contribution in [0.15, 0.2) is 12.1 Å². The van der Waals surface area contributed by atoms with Crippen molar-refractivity contribution in [1.29, 1.82) is 0 Å². The fourth-order valence-corrected chi connectivity index (χ4v) is 8.22. The van der Waals surface area contributed by atoms with Crippen molar-refractivity contribution in [1.82, 2.24) is 29.4 Å². The van der Waals surface area contributed by atoms with Crippen molar-refractivity contribution >= 4 is 45.8 Å². The van der Waals surface area contributed by atoms with Gasteiger partial charge in [0.2, 0.25) is 0 Å². The maximum absolute atomic E-state index is 14.4. The van der Waals surface area contributed by atoms with Crippen LogP contribution in [0.3, 0.4) is 0 Å². The minimum Gasteiger partial charge on any atom is -0.372 e. The van der Waals surface area contributed by atoms with Crippen molar-refractivity contribution in [2.45, 2.75) is 51.4 Å². The molecular formula is C34H44N8O4. The van der Waals surface area contributed by atoms with Gasteiger partial charge in [0.25, 0.3) is 23.6 Å². The summed E-state index contributed by atoms with van der Waals surface area (Å²) in [7, 11) is 0. The molecule has 6 heterocycles. The highest BCUT2D eigenvalue weighted by Gasteiger charge is 2.44. The number of benzene rings is 2. The molecule has 0 unspecified atom stereocenters. The van der Waals surface area contributed by atoms with Crippen LogP contribution in [0.1, 0.15) is 92.8 Å². The molecule has 0 bridgehead atoms. The van der Waals surface area contributed by atoms with E-state index >= 15 is 0 Å². The summed E-state index contributed by atoms with van der Waals surface area (Å²) in [5, 5.41) is 7.86. The topological polar surface area (TPSA) is 112 Å². The highest BCUT2D eigenvalue weighted by molar-refractivity contribution is 6.36. The van der Waals surface area contributed by atoms with E-state index < -0.39 is 0 Å². The Morgan fingerprint density at radius 3 is 1.13 bits per heavy atom. The zero-order valence-corrected chi connectivity index (χ0v) is 26.6. The first-order chi connectivity index (χ1) is 22.5. The number of amides is 4. The second kappa shape index (κ2) is 12.2. The van der Waals surface area contributed by atoms with Gasteiger partial charge in [-0.3, -0.25) is 48.6 Å². The van der Waals surface area contributed by atoms with Crippen LogP contribution in [0.25, 0.3) is 10.8 Å². The first kappa shape index (κ1) is 29.8. The van der Waals surface area contributed by atoms with Crippen LogP contribution < -0.4 is 10.6 Å². The number of imide groups is 2. The van der Waals surface area contributed by atoms with E-state index in [0.717, 1.165) is 104 Å². The van der Waals surface area contributed by atoms with Crippen molar-refractivity contribution in [2.75, 3.05) is 89.7 Å². The molecule has 2 N–H and O–H groups in total. The zero-order chi connectivity index (χ0) is 31.4. The van der Waals surface area contributed by atoms with Gasteiger partial charge in [-0.05, 0) is 116 Å². The van der Waals surface area contributed by atoms with Crippen LogP contribution in [0, 0.1) is 0 Å². The first-order valence-electron chi connectivity index (χ1n) is 17.2. The molecule has 0 atom stereocenters. The number of likely N-dealkylation sites (tertiary alicyclic amines) is 4. The lowest BCUT2D eigenvalue weighted by Crippen LogP contribution is -2.49. The molecule has 8 rings (SSSR count). The maximum atomic E-state index is 14.4. The molecule has 2 aromatic carbocycles. The Morgan fingerprint density at radius 2 is 0.783 bits per heavy atom. The molecule has 46 heavy (non-hydrogen) atoms. The van der Waals surface area contributed by atoms with E-state index in [1.165, 1.54) is 9.80 Å². The van der Waals surface area contributed by atoms with E-state index in [4.69, 9.17) is 0 Å². The van der Waals surface area contributed by atoms with Gasteiger partial charge in [0, 0.05) is 22.1 Å². The molecule has 12 nitrogen and oxygen atoms in total. The van der Waals surface area contributed by atoms with Gasteiger partial charge in [0.15, 0.2) is 0 Å². The predicted octanol–water partition coefficient (Wildman–Crippen LogP) is 3.07. The van der Waals surface area contributed by atoms with Crippen LogP contribution >= 0.6 is 0 Å². The van der Waals surface area contributed by atoms with Crippen molar-refractivity contribution in [3.63, 3.8) is 0 Å². The monoisotopic (exact) mass is 628 g/mol. The second-order valence-corrected chi connectivity index (χ2v) is 13.8. The molecule has 4 fully saturated rings. The number of rotatable bonds is 10. The molecule has 0 aliphatic carbocycles. The first-order valence-corrected chi connectivity index (χ1v) is 17.2. The smallest absolute Gasteiger partial charge is 0.264 e. The summed E-state index contributed by atoms with van der Waals surface area (Å²) < 4.78 is 0. The van der Waals surface area contributed by atoms with E-state index in [0.29, 0.717) is 57.7 Å². The second-order valence-electron chi connectivity index (χ2n) is 13.8. The third-order valence-electron chi connectivity index (χ3n) is 10.7. The molecule has 6 aliphatic heterocycles.